The maximum atomic E-state index is 10.5. The van der Waals surface area contributed by atoms with Crippen LogP contribution in [0.2, 0.25) is 0 Å². The SMILES string of the molecule is C=C.C=C.C=C(N)C(=O)OCCCO.C=CCC=C. The quantitative estimate of drug-likeness (QED) is 0.336. The molecule has 0 spiro atoms. The largest absolute Gasteiger partial charge is 0.461 e. The summed E-state index contributed by atoms with van der Waals surface area (Å²) in [7, 11) is 0. The molecule has 0 atom stereocenters. The van der Waals surface area contributed by atoms with Gasteiger partial charge in [-0.1, -0.05) is 18.7 Å². The highest BCUT2D eigenvalue weighted by atomic mass is 16.5. The highest BCUT2D eigenvalue weighted by Crippen LogP contribution is 1.86. The Balaban J connectivity index is -0.000000105. The Morgan fingerprint density at radius 2 is 1.58 bits per heavy atom. The fourth-order valence-electron chi connectivity index (χ4n) is 0.440. The molecule has 0 aromatic heterocycles. The van der Waals surface area contributed by atoms with Crippen LogP contribution in [0.1, 0.15) is 12.8 Å². The van der Waals surface area contributed by atoms with Gasteiger partial charge in [-0.15, -0.1) is 39.5 Å². The van der Waals surface area contributed by atoms with Gasteiger partial charge in [0.25, 0.3) is 0 Å². The average molecular weight is 269 g/mol. The molecule has 0 aromatic rings. The number of aliphatic hydroxyl groups is 1. The number of rotatable bonds is 6. The summed E-state index contributed by atoms with van der Waals surface area (Å²) in [6, 6.07) is 0. The summed E-state index contributed by atoms with van der Waals surface area (Å²) in [6.07, 6.45) is 4.97. The molecule has 0 saturated carbocycles. The fraction of sp³-hybridized carbons (Fsp3) is 0.267. The van der Waals surface area contributed by atoms with Crippen molar-refractivity contribution in [1.29, 1.82) is 0 Å². The van der Waals surface area contributed by atoms with E-state index in [1.54, 1.807) is 0 Å². The Morgan fingerprint density at radius 3 is 1.79 bits per heavy atom. The van der Waals surface area contributed by atoms with E-state index in [0.29, 0.717) is 6.42 Å². The van der Waals surface area contributed by atoms with Crippen molar-refractivity contribution in [2.75, 3.05) is 13.2 Å². The van der Waals surface area contributed by atoms with Crippen molar-refractivity contribution in [3.63, 3.8) is 0 Å². The Hall–Kier alpha value is -2.07. The molecule has 110 valence electrons. The van der Waals surface area contributed by atoms with E-state index in [1.165, 1.54) is 0 Å². The summed E-state index contributed by atoms with van der Waals surface area (Å²) in [4.78, 5) is 10.5. The first-order valence-corrected chi connectivity index (χ1v) is 5.54. The van der Waals surface area contributed by atoms with E-state index in [1.807, 2.05) is 12.2 Å². The van der Waals surface area contributed by atoms with Crippen LogP contribution in [0.25, 0.3) is 0 Å². The summed E-state index contributed by atoms with van der Waals surface area (Å²) in [5, 5.41) is 8.27. The van der Waals surface area contributed by atoms with Crippen LogP contribution in [0.3, 0.4) is 0 Å². The molecule has 4 heteroatoms. The molecule has 0 radical (unpaired) electrons. The minimum absolute atomic E-state index is 0.00429. The zero-order valence-electron chi connectivity index (χ0n) is 11.8. The smallest absolute Gasteiger partial charge is 0.353 e. The Morgan fingerprint density at radius 1 is 1.16 bits per heavy atom. The Bertz CT molecular complexity index is 230. The first kappa shape index (κ1) is 25.7. The van der Waals surface area contributed by atoms with E-state index in [0.717, 1.165) is 6.42 Å². The van der Waals surface area contributed by atoms with E-state index in [-0.39, 0.29) is 18.9 Å². The van der Waals surface area contributed by atoms with Gasteiger partial charge in [-0.05, 0) is 6.42 Å². The zero-order chi connectivity index (χ0) is 16.1. The summed E-state index contributed by atoms with van der Waals surface area (Å²) in [5.74, 6) is -0.617. The third-order valence-corrected chi connectivity index (χ3v) is 1.13. The van der Waals surface area contributed by atoms with Gasteiger partial charge in [0.2, 0.25) is 0 Å². The van der Waals surface area contributed by atoms with Crippen LogP contribution >= 0.6 is 0 Å². The van der Waals surface area contributed by atoms with Crippen LogP contribution in [-0.2, 0) is 9.53 Å². The standard InChI is InChI=1S/C6H11NO3.C5H8.2C2H4/c1-5(7)6(9)10-4-2-3-8;1-3-5-4-2;2*1-2/h8H,1-4,7H2;3-4H,1-2,5H2;2*1-2H2. The third kappa shape index (κ3) is 38.8. The minimum atomic E-state index is -0.617. The number of allylic oxidation sites excluding steroid dienone is 2. The average Bonchev–Trinajstić information content (AvgIpc) is 2.45. The lowest BCUT2D eigenvalue weighted by atomic mass is 10.4. The molecule has 0 aliphatic heterocycles. The minimum Gasteiger partial charge on any atom is -0.461 e. The summed E-state index contributed by atoms with van der Waals surface area (Å²) >= 11 is 0. The highest BCUT2D eigenvalue weighted by Gasteiger charge is 2.01. The summed E-state index contributed by atoms with van der Waals surface area (Å²) in [5.41, 5.74) is 4.87. The number of hydrogen-bond donors (Lipinski definition) is 2. The topological polar surface area (TPSA) is 72.6 Å². The highest BCUT2D eigenvalue weighted by molar-refractivity contribution is 5.86. The molecular weight excluding hydrogens is 242 g/mol. The first-order valence-electron chi connectivity index (χ1n) is 5.54. The molecule has 0 heterocycles. The van der Waals surface area contributed by atoms with Gasteiger partial charge in [-0.25, -0.2) is 4.79 Å². The molecule has 0 rings (SSSR count). The lowest BCUT2D eigenvalue weighted by molar-refractivity contribution is -0.139. The van der Waals surface area contributed by atoms with Gasteiger partial charge in [-0.3, -0.25) is 0 Å². The van der Waals surface area contributed by atoms with Crippen molar-refractivity contribution in [1.82, 2.24) is 0 Å². The molecule has 0 unspecified atom stereocenters. The van der Waals surface area contributed by atoms with Gasteiger partial charge in [-0.2, -0.15) is 0 Å². The van der Waals surface area contributed by atoms with Crippen molar-refractivity contribution in [2.45, 2.75) is 12.8 Å². The van der Waals surface area contributed by atoms with Crippen molar-refractivity contribution >= 4 is 5.97 Å². The molecule has 19 heavy (non-hydrogen) atoms. The molecule has 0 fully saturated rings. The van der Waals surface area contributed by atoms with Crippen LogP contribution in [0, 0.1) is 0 Å². The van der Waals surface area contributed by atoms with E-state index in [2.05, 4.69) is 50.8 Å². The van der Waals surface area contributed by atoms with E-state index in [4.69, 9.17) is 10.8 Å². The number of nitrogens with two attached hydrogens (primary N) is 1. The van der Waals surface area contributed by atoms with Gasteiger partial charge in [0.1, 0.15) is 5.70 Å². The molecule has 0 amide bonds. The molecule has 4 nitrogen and oxygen atoms in total. The lowest BCUT2D eigenvalue weighted by Crippen LogP contribution is -2.14. The normalized spacial score (nSPS) is 6.79. The van der Waals surface area contributed by atoms with Crippen LogP contribution < -0.4 is 5.73 Å². The third-order valence-electron chi connectivity index (χ3n) is 1.13. The second-order valence-corrected chi connectivity index (χ2v) is 2.55. The van der Waals surface area contributed by atoms with Crippen LogP contribution in [0.15, 0.2) is 63.9 Å². The zero-order valence-corrected chi connectivity index (χ0v) is 11.8. The molecule has 0 aromatic carbocycles. The maximum absolute atomic E-state index is 10.5. The van der Waals surface area contributed by atoms with Gasteiger partial charge < -0.3 is 15.6 Å². The predicted octanol–water partition coefficient (Wildman–Crippen LogP) is 2.74. The summed E-state index contributed by atoms with van der Waals surface area (Å²) < 4.78 is 4.52. The maximum Gasteiger partial charge on any atom is 0.353 e. The number of hydrogen-bond acceptors (Lipinski definition) is 4. The van der Waals surface area contributed by atoms with Gasteiger partial charge in [0.05, 0.1) is 6.61 Å². The van der Waals surface area contributed by atoms with Crippen molar-refractivity contribution in [3.8, 4) is 0 Å². The number of ether oxygens (including phenoxy) is 1. The summed E-state index contributed by atoms with van der Waals surface area (Å²) in [6.45, 7) is 22.3. The van der Waals surface area contributed by atoms with Crippen molar-refractivity contribution < 1.29 is 14.6 Å². The molecular formula is C15H27NO3. The lowest BCUT2D eigenvalue weighted by Gasteiger charge is -2.00. The molecule has 0 aliphatic rings. The molecule has 0 bridgehead atoms. The van der Waals surface area contributed by atoms with E-state index < -0.39 is 5.97 Å². The van der Waals surface area contributed by atoms with Gasteiger partial charge >= 0.3 is 5.97 Å². The number of carbonyl (C=O) groups is 1. The van der Waals surface area contributed by atoms with Crippen molar-refractivity contribution in [3.05, 3.63) is 63.9 Å². The molecule has 0 aliphatic carbocycles. The molecule has 3 N–H and O–H groups in total. The first-order chi connectivity index (χ1) is 9.09. The van der Waals surface area contributed by atoms with E-state index >= 15 is 0 Å². The Kier molecular flexibility index (Phi) is 40.2. The fourth-order valence-corrected chi connectivity index (χ4v) is 0.440. The van der Waals surface area contributed by atoms with Crippen LogP contribution in [0.4, 0.5) is 0 Å². The van der Waals surface area contributed by atoms with Crippen LogP contribution in [-0.4, -0.2) is 24.3 Å². The van der Waals surface area contributed by atoms with Crippen LogP contribution in [0.5, 0.6) is 0 Å². The number of carbonyl (C=O) groups excluding carboxylic acids is 1. The van der Waals surface area contributed by atoms with E-state index in [9.17, 15) is 4.79 Å². The number of esters is 1. The second-order valence-electron chi connectivity index (χ2n) is 2.55. The second kappa shape index (κ2) is 29.7. The van der Waals surface area contributed by atoms with Gasteiger partial charge in [0.15, 0.2) is 0 Å². The number of aliphatic hydroxyl groups excluding tert-OH is 1. The molecule has 0 saturated heterocycles. The predicted molar refractivity (Wildman–Crippen MR) is 83.5 cm³/mol. The van der Waals surface area contributed by atoms with Gasteiger partial charge in [0, 0.05) is 13.0 Å². The monoisotopic (exact) mass is 269 g/mol. The van der Waals surface area contributed by atoms with Crippen molar-refractivity contribution in [2.24, 2.45) is 5.73 Å². The Labute approximate surface area is 117 Å².